The molecule has 0 saturated heterocycles. The lowest BCUT2D eigenvalue weighted by Crippen LogP contribution is -2.01. The van der Waals surface area contributed by atoms with Gasteiger partial charge in [0.1, 0.15) is 0 Å². The van der Waals surface area contributed by atoms with Gasteiger partial charge in [-0.15, -0.1) is 0 Å². The van der Waals surface area contributed by atoms with Crippen molar-refractivity contribution in [3.63, 3.8) is 0 Å². The Morgan fingerprint density at radius 1 is 1.00 bits per heavy atom. The highest BCUT2D eigenvalue weighted by Gasteiger charge is 2.05. The molecule has 0 heterocycles. The fourth-order valence-corrected chi connectivity index (χ4v) is 2.15. The number of rotatable bonds is 5. The average molecular weight is 292 g/mol. The zero-order valence-corrected chi connectivity index (χ0v) is 12.6. The summed E-state index contributed by atoms with van der Waals surface area (Å²) in [5.74, 6) is 1.45. The van der Waals surface area contributed by atoms with E-state index in [2.05, 4.69) is 5.32 Å². The van der Waals surface area contributed by atoms with Gasteiger partial charge in [0, 0.05) is 6.54 Å². The normalized spacial score (nSPS) is 10.2. The Hall–Kier alpha value is -1.87. The first-order valence-corrected chi connectivity index (χ1v) is 6.72. The summed E-state index contributed by atoms with van der Waals surface area (Å²) in [6, 6.07) is 11.8. The maximum atomic E-state index is 6.16. The smallest absolute Gasteiger partial charge is 0.161 e. The van der Waals surface area contributed by atoms with E-state index in [1.54, 1.807) is 14.2 Å². The number of aryl methyl sites for hydroxylation is 1. The average Bonchev–Trinajstić information content (AvgIpc) is 2.47. The van der Waals surface area contributed by atoms with Crippen LogP contribution in [0.15, 0.2) is 36.4 Å². The van der Waals surface area contributed by atoms with E-state index in [1.807, 2.05) is 43.3 Å². The number of hydrogen-bond donors (Lipinski definition) is 1. The second kappa shape index (κ2) is 6.53. The molecule has 0 aromatic heterocycles. The van der Waals surface area contributed by atoms with Crippen LogP contribution in [0.5, 0.6) is 11.5 Å². The van der Waals surface area contributed by atoms with E-state index in [0.29, 0.717) is 6.54 Å². The number of halogens is 1. The summed E-state index contributed by atoms with van der Waals surface area (Å²) in [5, 5.41) is 4.05. The molecule has 20 heavy (non-hydrogen) atoms. The predicted octanol–water partition coefficient (Wildman–Crippen LogP) is 4.28. The molecule has 0 saturated carbocycles. The molecule has 1 N–H and O–H groups in total. The van der Waals surface area contributed by atoms with Crippen molar-refractivity contribution in [2.24, 2.45) is 0 Å². The Balaban J connectivity index is 2.12. The number of methoxy groups -OCH3 is 2. The molecule has 0 aliphatic heterocycles. The van der Waals surface area contributed by atoms with Crippen LogP contribution in [0, 0.1) is 6.92 Å². The number of benzene rings is 2. The minimum Gasteiger partial charge on any atom is -0.493 e. The fourth-order valence-electron chi connectivity index (χ4n) is 1.96. The van der Waals surface area contributed by atoms with Crippen LogP contribution in [0.3, 0.4) is 0 Å². The monoisotopic (exact) mass is 291 g/mol. The SMILES string of the molecule is COc1ccc(CNc2cc(C)ccc2Cl)cc1OC. The molecule has 0 bridgehead atoms. The quantitative estimate of drug-likeness (QED) is 0.892. The first-order chi connectivity index (χ1) is 9.63. The van der Waals surface area contributed by atoms with Crippen LogP contribution in [0.4, 0.5) is 5.69 Å². The van der Waals surface area contributed by atoms with Crippen molar-refractivity contribution in [1.29, 1.82) is 0 Å². The zero-order valence-electron chi connectivity index (χ0n) is 11.9. The predicted molar refractivity (Wildman–Crippen MR) is 83.1 cm³/mol. The molecule has 0 aliphatic carbocycles. The standard InChI is InChI=1S/C16H18ClNO2/c1-11-4-6-13(17)14(8-11)18-10-12-5-7-15(19-2)16(9-12)20-3/h4-9,18H,10H2,1-3H3. The van der Waals surface area contributed by atoms with Gasteiger partial charge in [-0.2, -0.15) is 0 Å². The van der Waals surface area contributed by atoms with Crippen molar-refractivity contribution >= 4 is 17.3 Å². The molecule has 3 nitrogen and oxygen atoms in total. The van der Waals surface area contributed by atoms with Crippen LogP contribution in [-0.2, 0) is 6.54 Å². The summed E-state index contributed by atoms with van der Waals surface area (Å²) in [7, 11) is 3.26. The Morgan fingerprint density at radius 2 is 1.75 bits per heavy atom. The second-order valence-corrected chi connectivity index (χ2v) is 4.93. The van der Waals surface area contributed by atoms with E-state index in [0.717, 1.165) is 27.8 Å². The Kier molecular flexibility index (Phi) is 4.74. The van der Waals surface area contributed by atoms with E-state index in [9.17, 15) is 0 Å². The maximum absolute atomic E-state index is 6.16. The van der Waals surface area contributed by atoms with Gasteiger partial charge in [0.15, 0.2) is 11.5 Å². The van der Waals surface area contributed by atoms with Crippen molar-refractivity contribution in [3.8, 4) is 11.5 Å². The van der Waals surface area contributed by atoms with Crippen LogP contribution < -0.4 is 14.8 Å². The molecule has 2 aromatic rings. The van der Waals surface area contributed by atoms with Crippen LogP contribution in [0.25, 0.3) is 0 Å². The third-order valence-electron chi connectivity index (χ3n) is 3.05. The molecule has 0 atom stereocenters. The van der Waals surface area contributed by atoms with Crippen molar-refractivity contribution in [1.82, 2.24) is 0 Å². The Morgan fingerprint density at radius 3 is 2.45 bits per heavy atom. The minimum atomic E-state index is 0.670. The summed E-state index contributed by atoms with van der Waals surface area (Å²) in [6.07, 6.45) is 0. The van der Waals surface area contributed by atoms with Crippen molar-refractivity contribution in [2.45, 2.75) is 13.5 Å². The summed E-state index contributed by atoms with van der Waals surface area (Å²) in [6.45, 7) is 2.71. The van der Waals surface area contributed by atoms with Crippen molar-refractivity contribution in [3.05, 3.63) is 52.5 Å². The third-order valence-corrected chi connectivity index (χ3v) is 3.38. The molecule has 0 amide bonds. The lowest BCUT2D eigenvalue weighted by molar-refractivity contribution is 0.354. The lowest BCUT2D eigenvalue weighted by atomic mass is 10.2. The molecule has 0 spiro atoms. The number of hydrogen-bond acceptors (Lipinski definition) is 3. The molecule has 0 unspecified atom stereocenters. The fraction of sp³-hybridized carbons (Fsp3) is 0.250. The summed E-state index contributed by atoms with van der Waals surface area (Å²) in [4.78, 5) is 0. The van der Waals surface area contributed by atoms with Gasteiger partial charge >= 0.3 is 0 Å². The summed E-state index contributed by atoms with van der Waals surface area (Å²) < 4.78 is 10.5. The van der Waals surface area contributed by atoms with Crippen molar-refractivity contribution < 1.29 is 9.47 Å². The van der Waals surface area contributed by atoms with E-state index in [4.69, 9.17) is 21.1 Å². The maximum Gasteiger partial charge on any atom is 0.161 e. The van der Waals surface area contributed by atoms with E-state index in [-0.39, 0.29) is 0 Å². The molecule has 2 rings (SSSR count). The summed E-state index contributed by atoms with van der Waals surface area (Å²) in [5.41, 5.74) is 3.20. The molecule has 0 radical (unpaired) electrons. The lowest BCUT2D eigenvalue weighted by Gasteiger charge is -2.12. The molecule has 0 fully saturated rings. The largest absolute Gasteiger partial charge is 0.493 e. The van der Waals surface area contributed by atoms with E-state index < -0.39 is 0 Å². The van der Waals surface area contributed by atoms with Crippen LogP contribution in [0.1, 0.15) is 11.1 Å². The Bertz CT molecular complexity index is 599. The van der Waals surface area contributed by atoms with Gasteiger partial charge in [0.25, 0.3) is 0 Å². The van der Waals surface area contributed by atoms with Crippen LogP contribution >= 0.6 is 11.6 Å². The van der Waals surface area contributed by atoms with Gasteiger partial charge in [-0.25, -0.2) is 0 Å². The van der Waals surface area contributed by atoms with Gasteiger partial charge in [0.05, 0.1) is 24.9 Å². The van der Waals surface area contributed by atoms with E-state index >= 15 is 0 Å². The van der Waals surface area contributed by atoms with Gasteiger partial charge in [-0.3, -0.25) is 0 Å². The highest BCUT2D eigenvalue weighted by molar-refractivity contribution is 6.33. The van der Waals surface area contributed by atoms with Crippen LogP contribution in [-0.4, -0.2) is 14.2 Å². The molecular formula is C16H18ClNO2. The highest BCUT2D eigenvalue weighted by atomic mass is 35.5. The van der Waals surface area contributed by atoms with Gasteiger partial charge < -0.3 is 14.8 Å². The second-order valence-electron chi connectivity index (χ2n) is 4.53. The molecule has 2 aromatic carbocycles. The van der Waals surface area contributed by atoms with Gasteiger partial charge in [-0.1, -0.05) is 23.7 Å². The first-order valence-electron chi connectivity index (χ1n) is 6.35. The number of ether oxygens (including phenoxy) is 2. The van der Waals surface area contributed by atoms with Crippen LogP contribution in [0.2, 0.25) is 5.02 Å². The Labute approximate surface area is 124 Å². The topological polar surface area (TPSA) is 30.5 Å². The van der Waals surface area contributed by atoms with Gasteiger partial charge in [-0.05, 0) is 42.3 Å². The number of anilines is 1. The summed E-state index contributed by atoms with van der Waals surface area (Å²) >= 11 is 6.16. The minimum absolute atomic E-state index is 0.670. The third kappa shape index (κ3) is 3.36. The van der Waals surface area contributed by atoms with Gasteiger partial charge in [0.2, 0.25) is 0 Å². The molecule has 4 heteroatoms. The van der Waals surface area contributed by atoms with E-state index in [1.165, 1.54) is 5.56 Å². The molecule has 0 aliphatic rings. The van der Waals surface area contributed by atoms with Crippen molar-refractivity contribution in [2.75, 3.05) is 19.5 Å². The zero-order chi connectivity index (χ0) is 14.5. The number of nitrogens with one attached hydrogen (secondary N) is 1. The first kappa shape index (κ1) is 14.5. The molecular weight excluding hydrogens is 274 g/mol. The molecule has 106 valence electrons. The highest BCUT2D eigenvalue weighted by Crippen LogP contribution is 2.28.